The largest absolute Gasteiger partial charge is 0.368 e. The molecule has 4 N–H and O–H groups in total. The summed E-state index contributed by atoms with van der Waals surface area (Å²) in [6.45, 7) is 3.53. The first kappa shape index (κ1) is 29.8. The van der Waals surface area contributed by atoms with Gasteiger partial charge in [-0.15, -0.1) is 0 Å². The highest BCUT2D eigenvalue weighted by Gasteiger charge is 2.55. The summed E-state index contributed by atoms with van der Waals surface area (Å²) in [6, 6.07) is 8.34. The lowest BCUT2D eigenvalue weighted by atomic mass is 9.77. The molecule has 43 heavy (non-hydrogen) atoms. The van der Waals surface area contributed by atoms with Crippen LogP contribution in [0.4, 0.5) is 13.2 Å². The number of nitrogens with one attached hydrogen (secondary N) is 2. The van der Waals surface area contributed by atoms with Gasteiger partial charge in [-0.05, 0) is 30.4 Å². The standard InChI is InChI=1S/C30H31F3N6O4/c1-15(2)9-22(38(3)27(41)20-10-17-18(31)11-19(32)24(33)25(17)35-20)28(42)39-14-30(13-23(39)26(34)40)12-21(36-37-29(30)43)16-7-5-4-6-8-16/h4-8,10-11,15,22-23,35H,9,12-14H2,1-3H3,(H2,34,40)(H,37,43)/t22-,23-,30-/m0/s1. The Morgan fingerprint density at radius 1 is 1.14 bits per heavy atom. The summed E-state index contributed by atoms with van der Waals surface area (Å²) in [6.07, 6.45) is 0.281. The number of halogens is 3. The van der Waals surface area contributed by atoms with Crippen LogP contribution in [-0.4, -0.2) is 69.8 Å². The molecule has 1 saturated heterocycles. The molecule has 4 amide bonds. The van der Waals surface area contributed by atoms with Crippen LogP contribution < -0.4 is 11.2 Å². The van der Waals surface area contributed by atoms with Gasteiger partial charge in [-0.3, -0.25) is 19.2 Å². The average molecular weight is 597 g/mol. The van der Waals surface area contributed by atoms with Crippen LogP contribution in [0.25, 0.3) is 10.9 Å². The van der Waals surface area contributed by atoms with Crippen molar-refractivity contribution < 1.29 is 32.3 Å². The molecular weight excluding hydrogens is 565 g/mol. The molecule has 3 aromatic rings. The highest BCUT2D eigenvalue weighted by molar-refractivity contribution is 6.07. The Bertz CT molecular complexity index is 1660. The number of H-pyrrole nitrogens is 1. The number of aromatic nitrogens is 1. The summed E-state index contributed by atoms with van der Waals surface area (Å²) in [4.78, 5) is 58.3. The van der Waals surface area contributed by atoms with Gasteiger partial charge in [-0.2, -0.15) is 5.10 Å². The molecule has 2 aliphatic rings. The fraction of sp³-hybridized carbons (Fsp3) is 0.367. The quantitative estimate of drug-likeness (QED) is 0.361. The predicted molar refractivity (Wildman–Crippen MR) is 151 cm³/mol. The van der Waals surface area contributed by atoms with Gasteiger partial charge in [0.05, 0.1) is 16.6 Å². The molecule has 0 saturated carbocycles. The number of nitrogens with zero attached hydrogens (tertiary/aromatic N) is 3. The van der Waals surface area contributed by atoms with E-state index < -0.39 is 64.1 Å². The maximum Gasteiger partial charge on any atom is 0.270 e. The number of aromatic amines is 1. The highest BCUT2D eigenvalue weighted by atomic mass is 19.2. The van der Waals surface area contributed by atoms with Crippen LogP contribution >= 0.6 is 0 Å². The smallest absolute Gasteiger partial charge is 0.270 e. The monoisotopic (exact) mass is 596 g/mol. The molecule has 0 unspecified atom stereocenters. The minimum absolute atomic E-state index is 0.0377. The van der Waals surface area contributed by atoms with Crippen molar-refractivity contribution in [2.24, 2.45) is 22.2 Å². The number of primary amides is 1. The lowest BCUT2D eigenvalue weighted by molar-refractivity contribution is -0.141. The third-order valence-electron chi connectivity index (χ3n) is 8.19. The van der Waals surface area contributed by atoms with Crippen LogP contribution in [0.1, 0.15) is 49.2 Å². The van der Waals surface area contributed by atoms with Crippen molar-refractivity contribution in [1.82, 2.24) is 20.2 Å². The number of fused-ring (bicyclic) bond motifs is 1. The minimum Gasteiger partial charge on any atom is -0.368 e. The first-order valence-electron chi connectivity index (χ1n) is 13.8. The van der Waals surface area contributed by atoms with Crippen LogP contribution in [0.5, 0.6) is 0 Å². The van der Waals surface area contributed by atoms with Gasteiger partial charge in [0.15, 0.2) is 11.6 Å². The molecular formula is C30H31F3N6O4. The topological polar surface area (TPSA) is 141 Å². The summed E-state index contributed by atoms with van der Waals surface area (Å²) < 4.78 is 42.4. The molecule has 0 aliphatic carbocycles. The van der Waals surface area contributed by atoms with Crippen molar-refractivity contribution >= 4 is 40.2 Å². The third kappa shape index (κ3) is 5.35. The van der Waals surface area contributed by atoms with Crippen molar-refractivity contribution in [3.05, 3.63) is 71.2 Å². The summed E-state index contributed by atoms with van der Waals surface area (Å²) >= 11 is 0. The van der Waals surface area contributed by atoms with Gasteiger partial charge in [0, 0.05) is 31.5 Å². The summed E-state index contributed by atoms with van der Waals surface area (Å²) in [5.41, 5.74) is 7.66. The molecule has 1 spiro atoms. The molecule has 2 aliphatic heterocycles. The zero-order valence-corrected chi connectivity index (χ0v) is 23.8. The second kappa shape index (κ2) is 11.2. The lowest BCUT2D eigenvalue weighted by Crippen LogP contribution is -2.54. The Morgan fingerprint density at radius 3 is 2.49 bits per heavy atom. The third-order valence-corrected chi connectivity index (χ3v) is 8.19. The van der Waals surface area contributed by atoms with Crippen LogP contribution in [0.15, 0.2) is 47.6 Å². The molecule has 226 valence electrons. The maximum absolute atomic E-state index is 14.3. The number of carbonyl (C=O) groups excluding carboxylic acids is 4. The van der Waals surface area contributed by atoms with Gasteiger partial charge >= 0.3 is 0 Å². The SMILES string of the molecule is CC(C)C[C@@H](C(=O)N1C[C@]2(CC(c3ccccc3)=NNC2=O)C[C@H]1C(N)=O)N(C)C(=O)c1cc2c(F)cc(F)c(F)c2[nH]1. The number of likely N-dealkylation sites (N-methyl/N-ethyl adjacent to an activating group) is 1. The Kier molecular flexibility index (Phi) is 7.76. The zero-order chi connectivity index (χ0) is 31.2. The number of hydrazone groups is 1. The summed E-state index contributed by atoms with van der Waals surface area (Å²) in [5, 5.41) is 3.88. The van der Waals surface area contributed by atoms with Crippen molar-refractivity contribution in [2.75, 3.05) is 13.6 Å². The minimum atomic E-state index is -1.42. The molecule has 1 aromatic heterocycles. The summed E-state index contributed by atoms with van der Waals surface area (Å²) in [7, 11) is 1.35. The van der Waals surface area contributed by atoms with E-state index in [4.69, 9.17) is 5.73 Å². The van der Waals surface area contributed by atoms with Gasteiger partial charge in [0.2, 0.25) is 17.7 Å². The lowest BCUT2D eigenvalue weighted by Gasteiger charge is -2.34. The first-order chi connectivity index (χ1) is 20.3. The van der Waals surface area contributed by atoms with Gasteiger partial charge in [-0.1, -0.05) is 44.2 Å². The molecule has 10 nitrogen and oxygen atoms in total. The van der Waals surface area contributed by atoms with E-state index >= 15 is 0 Å². The van der Waals surface area contributed by atoms with Crippen LogP contribution in [0, 0.1) is 28.8 Å². The van der Waals surface area contributed by atoms with E-state index in [9.17, 15) is 32.3 Å². The molecule has 3 atom stereocenters. The number of nitrogens with two attached hydrogens (primary N) is 1. The number of rotatable bonds is 7. The fourth-order valence-electron chi connectivity index (χ4n) is 5.93. The van der Waals surface area contributed by atoms with E-state index in [1.807, 2.05) is 44.2 Å². The average Bonchev–Trinajstić information content (AvgIpc) is 3.60. The van der Waals surface area contributed by atoms with Gasteiger partial charge in [0.1, 0.15) is 23.6 Å². The number of likely N-dealkylation sites (tertiary alicyclic amines) is 1. The predicted octanol–water partition coefficient (Wildman–Crippen LogP) is 3.07. The normalized spacial score (nSPS) is 20.8. The van der Waals surface area contributed by atoms with E-state index in [0.717, 1.165) is 16.5 Å². The Hall–Kier alpha value is -4.68. The van der Waals surface area contributed by atoms with E-state index in [1.165, 1.54) is 11.9 Å². The molecule has 0 radical (unpaired) electrons. The van der Waals surface area contributed by atoms with Crippen LogP contribution in [0.2, 0.25) is 0 Å². The number of carbonyl (C=O) groups is 4. The van der Waals surface area contributed by atoms with Gasteiger partial charge in [0.25, 0.3) is 5.91 Å². The second-order valence-electron chi connectivity index (χ2n) is 11.6. The number of amides is 4. The highest BCUT2D eigenvalue weighted by Crippen LogP contribution is 2.42. The molecule has 13 heteroatoms. The van der Waals surface area contributed by atoms with Crippen LogP contribution in [-0.2, 0) is 14.4 Å². The van der Waals surface area contributed by atoms with Crippen molar-refractivity contribution in [2.45, 2.75) is 45.2 Å². The van der Waals surface area contributed by atoms with E-state index in [0.29, 0.717) is 11.8 Å². The van der Waals surface area contributed by atoms with Gasteiger partial charge in [-0.25, -0.2) is 18.6 Å². The molecule has 1 fully saturated rings. The van der Waals surface area contributed by atoms with Crippen molar-refractivity contribution in [3.8, 4) is 0 Å². The molecule has 3 heterocycles. The zero-order valence-electron chi connectivity index (χ0n) is 23.8. The maximum atomic E-state index is 14.3. The fourth-order valence-corrected chi connectivity index (χ4v) is 5.93. The Labute approximate surface area is 245 Å². The van der Waals surface area contributed by atoms with Crippen molar-refractivity contribution in [1.29, 1.82) is 0 Å². The number of benzene rings is 2. The van der Waals surface area contributed by atoms with E-state index in [-0.39, 0.29) is 42.8 Å². The second-order valence-corrected chi connectivity index (χ2v) is 11.6. The van der Waals surface area contributed by atoms with E-state index in [1.54, 1.807) is 0 Å². The number of hydrogen-bond acceptors (Lipinski definition) is 5. The van der Waals surface area contributed by atoms with Crippen molar-refractivity contribution in [3.63, 3.8) is 0 Å². The van der Waals surface area contributed by atoms with Gasteiger partial charge < -0.3 is 20.5 Å². The molecule has 2 aromatic carbocycles. The molecule has 5 rings (SSSR count). The van der Waals surface area contributed by atoms with E-state index in [2.05, 4.69) is 15.5 Å². The number of hydrogen-bond donors (Lipinski definition) is 3. The first-order valence-corrected chi connectivity index (χ1v) is 13.8. The Morgan fingerprint density at radius 2 is 1.84 bits per heavy atom. The molecule has 0 bridgehead atoms. The Balaban J connectivity index is 1.46. The summed E-state index contributed by atoms with van der Waals surface area (Å²) in [5.74, 6) is -6.57. The van der Waals surface area contributed by atoms with Crippen LogP contribution in [0.3, 0.4) is 0 Å².